The summed E-state index contributed by atoms with van der Waals surface area (Å²) in [6.07, 6.45) is 2.65. The van der Waals surface area contributed by atoms with Gasteiger partial charge in [-0.2, -0.15) is 0 Å². The number of carbonyl (C=O) groups is 2. The molecule has 0 aromatic heterocycles. The van der Waals surface area contributed by atoms with Gasteiger partial charge in [-0.05, 0) is 35.9 Å². The lowest BCUT2D eigenvalue weighted by atomic mass is 10.1. The first kappa shape index (κ1) is 17.3. The number of halogens is 2. The number of para-hydroxylation sites is 1. The third-order valence-electron chi connectivity index (χ3n) is 3.20. The predicted molar refractivity (Wildman–Crippen MR) is 88.5 cm³/mol. The molecule has 2 amide bonds. The number of rotatable bonds is 4. The largest absolute Gasteiger partial charge is 0.345 e. The molecule has 0 fully saturated rings. The minimum Gasteiger partial charge on any atom is -0.345 e. The zero-order valence-electron chi connectivity index (χ0n) is 13.2. The average molecular weight is 330 g/mol. The molecule has 0 aliphatic rings. The second-order valence-electron chi connectivity index (χ2n) is 5.24. The summed E-state index contributed by atoms with van der Waals surface area (Å²) in [7, 11) is 3.31. The van der Waals surface area contributed by atoms with Crippen molar-refractivity contribution in [2.24, 2.45) is 0 Å². The van der Waals surface area contributed by atoms with E-state index in [1.54, 1.807) is 38.4 Å². The van der Waals surface area contributed by atoms with Crippen molar-refractivity contribution < 1.29 is 18.4 Å². The molecule has 24 heavy (non-hydrogen) atoms. The quantitative estimate of drug-likeness (QED) is 0.874. The van der Waals surface area contributed by atoms with Crippen LogP contribution < -0.4 is 5.32 Å². The van der Waals surface area contributed by atoms with E-state index in [2.05, 4.69) is 5.32 Å². The van der Waals surface area contributed by atoms with Crippen LogP contribution in [0.15, 0.2) is 48.5 Å². The summed E-state index contributed by atoms with van der Waals surface area (Å²) in [6.45, 7) is 0. The first-order valence-electron chi connectivity index (χ1n) is 7.13. The summed E-state index contributed by atoms with van der Waals surface area (Å²) in [5.74, 6) is -2.47. The van der Waals surface area contributed by atoms with Gasteiger partial charge in [-0.25, -0.2) is 8.78 Å². The topological polar surface area (TPSA) is 49.4 Å². The maximum Gasteiger partial charge on any atom is 0.253 e. The molecular weight excluding hydrogens is 314 g/mol. The fourth-order valence-corrected chi connectivity index (χ4v) is 1.95. The van der Waals surface area contributed by atoms with E-state index in [1.807, 2.05) is 0 Å². The van der Waals surface area contributed by atoms with Crippen molar-refractivity contribution in [2.75, 3.05) is 19.4 Å². The van der Waals surface area contributed by atoms with Crippen molar-refractivity contribution in [3.8, 4) is 0 Å². The van der Waals surface area contributed by atoms with Gasteiger partial charge in [0, 0.05) is 25.7 Å². The van der Waals surface area contributed by atoms with Gasteiger partial charge in [0.25, 0.3) is 5.91 Å². The lowest BCUT2D eigenvalue weighted by Gasteiger charge is -2.09. The smallest absolute Gasteiger partial charge is 0.253 e. The Hall–Kier alpha value is -3.02. The van der Waals surface area contributed by atoms with E-state index in [0.717, 1.165) is 18.2 Å². The fraction of sp³-hybridized carbons (Fsp3) is 0.111. The maximum absolute atomic E-state index is 13.4. The Morgan fingerprint density at radius 3 is 2.12 bits per heavy atom. The van der Waals surface area contributed by atoms with Gasteiger partial charge in [-0.15, -0.1) is 0 Å². The minimum atomic E-state index is -0.844. The molecule has 2 aromatic rings. The van der Waals surface area contributed by atoms with Crippen molar-refractivity contribution in [3.63, 3.8) is 0 Å². The molecule has 2 rings (SSSR count). The summed E-state index contributed by atoms with van der Waals surface area (Å²) < 4.78 is 26.9. The van der Waals surface area contributed by atoms with Gasteiger partial charge < -0.3 is 10.2 Å². The highest BCUT2D eigenvalue weighted by Crippen LogP contribution is 2.18. The van der Waals surface area contributed by atoms with Crippen LogP contribution in [0.2, 0.25) is 0 Å². The monoisotopic (exact) mass is 330 g/mol. The normalized spacial score (nSPS) is 10.7. The van der Waals surface area contributed by atoms with Crippen molar-refractivity contribution in [1.29, 1.82) is 0 Å². The van der Waals surface area contributed by atoms with E-state index in [1.165, 1.54) is 17.0 Å². The number of hydrogen-bond acceptors (Lipinski definition) is 2. The summed E-state index contributed by atoms with van der Waals surface area (Å²) in [5.41, 5.74) is 0.712. The number of hydrogen-bond donors (Lipinski definition) is 1. The van der Waals surface area contributed by atoms with Crippen LogP contribution in [0.1, 0.15) is 15.9 Å². The van der Waals surface area contributed by atoms with Gasteiger partial charge in [0.1, 0.15) is 17.3 Å². The molecule has 0 aliphatic carbocycles. The Morgan fingerprint density at radius 2 is 1.58 bits per heavy atom. The maximum atomic E-state index is 13.4. The average Bonchev–Trinajstić information content (AvgIpc) is 2.56. The summed E-state index contributed by atoms with van der Waals surface area (Å²) in [6, 6.07) is 9.94. The van der Waals surface area contributed by atoms with Crippen molar-refractivity contribution in [1.82, 2.24) is 4.90 Å². The molecule has 4 nitrogen and oxygen atoms in total. The third-order valence-corrected chi connectivity index (χ3v) is 3.20. The standard InChI is InChI=1S/C18H16F2N2O2/c1-22(2)18(24)13-9-6-12(7-10-13)8-11-16(23)21-17-14(19)4-3-5-15(17)20/h3-11H,1-2H3,(H,21,23)/b11-8+. The first-order valence-corrected chi connectivity index (χ1v) is 7.13. The van der Waals surface area contributed by atoms with E-state index in [4.69, 9.17) is 0 Å². The van der Waals surface area contributed by atoms with Crippen LogP contribution >= 0.6 is 0 Å². The van der Waals surface area contributed by atoms with Crippen LogP contribution in [0.3, 0.4) is 0 Å². The number of carbonyl (C=O) groups excluding carboxylic acids is 2. The molecule has 0 radical (unpaired) electrons. The number of nitrogens with one attached hydrogen (secondary N) is 1. The number of benzene rings is 2. The molecule has 0 atom stereocenters. The Morgan fingerprint density at radius 1 is 1.00 bits per heavy atom. The Balaban J connectivity index is 2.05. The SMILES string of the molecule is CN(C)C(=O)c1ccc(/C=C/C(=O)Nc2c(F)cccc2F)cc1. The lowest BCUT2D eigenvalue weighted by Crippen LogP contribution is -2.21. The highest BCUT2D eigenvalue weighted by molar-refractivity contribution is 6.02. The van der Waals surface area contributed by atoms with E-state index < -0.39 is 23.2 Å². The van der Waals surface area contributed by atoms with Crippen LogP contribution in [0, 0.1) is 11.6 Å². The molecule has 0 saturated heterocycles. The second kappa shape index (κ2) is 7.50. The molecule has 0 unspecified atom stereocenters. The highest BCUT2D eigenvalue weighted by atomic mass is 19.1. The van der Waals surface area contributed by atoms with Crippen LogP contribution in [-0.2, 0) is 4.79 Å². The second-order valence-corrected chi connectivity index (χ2v) is 5.24. The van der Waals surface area contributed by atoms with Crippen LogP contribution in [0.4, 0.5) is 14.5 Å². The van der Waals surface area contributed by atoms with Gasteiger partial charge in [-0.3, -0.25) is 9.59 Å². The summed E-state index contributed by atoms with van der Waals surface area (Å²) in [5, 5.41) is 2.16. The molecule has 0 aliphatic heterocycles. The van der Waals surface area contributed by atoms with Crippen LogP contribution in [0.25, 0.3) is 6.08 Å². The van der Waals surface area contributed by atoms with Crippen molar-refractivity contribution in [2.45, 2.75) is 0 Å². The van der Waals surface area contributed by atoms with E-state index in [0.29, 0.717) is 11.1 Å². The third kappa shape index (κ3) is 4.25. The minimum absolute atomic E-state index is 0.127. The molecule has 6 heteroatoms. The summed E-state index contributed by atoms with van der Waals surface area (Å²) >= 11 is 0. The first-order chi connectivity index (χ1) is 11.4. The summed E-state index contributed by atoms with van der Waals surface area (Å²) in [4.78, 5) is 25.0. The van der Waals surface area contributed by atoms with E-state index >= 15 is 0 Å². The van der Waals surface area contributed by atoms with Gasteiger partial charge in [0.2, 0.25) is 5.91 Å². The van der Waals surface area contributed by atoms with Gasteiger partial charge >= 0.3 is 0 Å². The Labute approximate surface area is 138 Å². The highest BCUT2D eigenvalue weighted by Gasteiger charge is 2.10. The predicted octanol–water partition coefficient (Wildman–Crippen LogP) is 3.32. The van der Waals surface area contributed by atoms with Crippen molar-refractivity contribution >= 4 is 23.6 Å². The van der Waals surface area contributed by atoms with Crippen LogP contribution in [-0.4, -0.2) is 30.8 Å². The van der Waals surface area contributed by atoms with Crippen molar-refractivity contribution in [3.05, 3.63) is 71.3 Å². The van der Waals surface area contributed by atoms with Gasteiger partial charge in [0.05, 0.1) is 0 Å². The molecule has 124 valence electrons. The molecule has 0 bridgehead atoms. The Kier molecular flexibility index (Phi) is 5.42. The lowest BCUT2D eigenvalue weighted by molar-refractivity contribution is -0.111. The van der Waals surface area contributed by atoms with Gasteiger partial charge in [-0.1, -0.05) is 18.2 Å². The number of anilines is 1. The fourth-order valence-electron chi connectivity index (χ4n) is 1.95. The van der Waals surface area contributed by atoms with Crippen LogP contribution in [0.5, 0.6) is 0 Å². The van der Waals surface area contributed by atoms with E-state index in [9.17, 15) is 18.4 Å². The Bertz CT molecular complexity index is 764. The molecule has 2 aromatic carbocycles. The molecule has 0 spiro atoms. The molecule has 1 N–H and O–H groups in total. The number of amides is 2. The van der Waals surface area contributed by atoms with E-state index in [-0.39, 0.29) is 5.91 Å². The molecule has 0 saturated carbocycles. The zero-order chi connectivity index (χ0) is 17.7. The number of nitrogens with zero attached hydrogens (tertiary/aromatic N) is 1. The molecular formula is C18H16F2N2O2. The van der Waals surface area contributed by atoms with Gasteiger partial charge in [0.15, 0.2) is 0 Å². The molecule has 0 heterocycles. The zero-order valence-corrected chi connectivity index (χ0v) is 13.2.